The summed E-state index contributed by atoms with van der Waals surface area (Å²) in [5, 5.41) is 4.81. The molecule has 0 radical (unpaired) electrons. The summed E-state index contributed by atoms with van der Waals surface area (Å²) in [6.45, 7) is 1.70. The molecule has 1 N–H and O–H groups in total. The summed E-state index contributed by atoms with van der Waals surface area (Å²) in [4.78, 5) is 22.6. The molecule has 0 aliphatic rings. The Morgan fingerprint density at radius 1 is 1.44 bits per heavy atom. The Kier molecular flexibility index (Phi) is 1.75. The fourth-order valence-electron chi connectivity index (χ4n) is 1.59. The van der Waals surface area contributed by atoms with Crippen LogP contribution in [0.15, 0.2) is 17.1 Å². The first-order chi connectivity index (χ1) is 7.65. The molecule has 3 rings (SSSR count). The van der Waals surface area contributed by atoms with Crippen LogP contribution >= 0.6 is 11.6 Å². The van der Waals surface area contributed by atoms with E-state index in [0.717, 1.165) is 0 Å². The molecule has 3 heterocycles. The van der Waals surface area contributed by atoms with Gasteiger partial charge in [-0.2, -0.15) is 0 Å². The van der Waals surface area contributed by atoms with Gasteiger partial charge < -0.3 is 4.98 Å². The fraction of sp³-hybridized carbons (Fsp3) is 0.111. The number of aryl methyl sites for hydroxylation is 1. The van der Waals surface area contributed by atoms with E-state index in [0.29, 0.717) is 27.7 Å². The van der Waals surface area contributed by atoms with Gasteiger partial charge in [-0.3, -0.25) is 4.79 Å². The lowest BCUT2D eigenvalue weighted by atomic mass is 10.4. The molecule has 3 aromatic heterocycles. The highest BCUT2D eigenvalue weighted by atomic mass is 35.5. The molecule has 0 fully saturated rings. The quantitative estimate of drug-likeness (QED) is 0.588. The van der Waals surface area contributed by atoms with Crippen LogP contribution in [0.4, 0.5) is 0 Å². The van der Waals surface area contributed by atoms with Crippen molar-refractivity contribution >= 4 is 28.3 Å². The highest BCUT2D eigenvalue weighted by Gasteiger charge is 2.11. The van der Waals surface area contributed by atoms with Crippen molar-refractivity contribution in [3.63, 3.8) is 0 Å². The van der Waals surface area contributed by atoms with E-state index in [1.807, 2.05) is 0 Å². The van der Waals surface area contributed by atoms with Gasteiger partial charge in [0.05, 0.1) is 0 Å². The number of rotatable bonds is 0. The van der Waals surface area contributed by atoms with Gasteiger partial charge in [0, 0.05) is 6.20 Å². The zero-order chi connectivity index (χ0) is 11.3. The number of H-pyrrole nitrogens is 1. The summed E-state index contributed by atoms with van der Waals surface area (Å²) in [7, 11) is 0. The number of aromatic amines is 1. The van der Waals surface area contributed by atoms with Crippen LogP contribution in [0.1, 0.15) is 5.82 Å². The van der Waals surface area contributed by atoms with Crippen LogP contribution in [-0.4, -0.2) is 24.6 Å². The molecule has 0 aromatic carbocycles. The minimum absolute atomic E-state index is 0.257. The van der Waals surface area contributed by atoms with Crippen molar-refractivity contribution in [3.05, 3.63) is 33.6 Å². The van der Waals surface area contributed by atoms with Crippen molar-refractivity contribution in [2.75, 3.05) is 0 Å². The molecule has 7 heteroatoms. The smallest absolute Gasteiger partial charge is 0.264 e. The molecule has 16 heavy (non-hydrogen) atoms. The molecule has 0 aliphatic heterocycles. The summed E-state index contributed by atoms with van der Waals surface area (Å²) in [5.74, 6) is 0.520. The summed E-state index contributed by atoms with van der Waals surface area (Å²) >= 11 is 5.77. The van der Waals surface area contributed by atoms with E-state index < -0.39 is 0 Å². The van der Waals surface area contributed by atoms with Crippen molar-refractivity contribution in [3.8, 4) is 0 Å². The molecule has 0 spiro atoms. The van der Waals surface area contributed by atoms with Gasteiger partial charge in [0.15, 0.2) is 11.3 Å². The molecule has 0 saturated heterocycles. The lowest BCUT2D eigenvalue weighted by Crippen LogP contribution is -2.09. The standard InChI is InChI=1S/C9H6ClN5O/c1-4-11-7-6(9(16)12-4)8-13-5(10)2-3-15(8)14-7/h2-3H,1H3,(H,11,12,14,16). The van der Waals surface area contributed by atoms with Gasteiger partial charge in [0.1, 0.15) is 16.4 Å². The Balaban J connectivity index is 2.63. The van der Waals surface area contributed by atoms with E-state index >= 15 is 0 Å². The zero-order valence-corrected chi connectivity index (χ0v) is 8.99. The molecule has 6 nitrogen and oxygen atoms in total. The van der Waals surface area contributed by atoms with E-state index in [9.17, 15) is 4.79 Å². The Bertz CT molecular complexity index is 760. The van der Waals surface area contributed by atoms with Crippen LogP contribution < -0.4 is 5.56 Å². The first kappa shape index (κ1) is 9.29. The van der Waals surface area contributed by atoms with Gasteiger partial charge >= 0.3 is 0 Å². The van der Waals surface area contributed by atoms with Crippen molar-refractivity contribution in [2.45, 2.75) is 6.92 Å². The number of halogens is 1. The van der Waals surface area contributed by atoms with Crippen LogP contribution in [0.3, 0.4) is 0 Å². The summed E-state index contributed by atoms with van der Waals surface area (Å²) in [6, 6.07) is 1.60. The maximum Gasteiger partial charge on any atom is 0.264 e. The Morgan fingerprint density at radius 3 is 3.06 bits per heavy atom. The molecule has 80 valence electrons. The van der Waals surface area contributed by atoms with Gasteiger partial charge in [-0.05, 0) is 13.0 Å². The largest absolute Gasteiger partial charge is 0.310 e. The van der Waals surface area contributed by atoms with Crippen LogP contribution in [0.25, 0.3) is 16.7 Å². The number of nitrogens with one attached hydrogen (secondary N) is 1. The maximum absolute atomic E-state index is 11.8. The molecule has 3 aromatic rings. The van der Waals surface area contributed by atoms with Crippen molar-refractivity contribution in [2.24, 2.45) is 0 Å². The van der Waals surface area contributed by atoms with Gasteiger partial charge in [0.2, 0.25) is 0 Å². The Labute approximate surface area is 93.9 Å². The first-order valence-corrected chi connectivity index (χ1v) is 4.94. The van der Waals surface area contributed by atoms with Crippen molar-refractivity contribution < 1.29 is 0 Å². The second kappa shape index (κ2) is 3.02. The van der Waals surface area contributed by atoms with E-state index in [1.165, 1.54) is 4.52 Å². The second-order valence-electron chi connectivity index (χ2n) is 3.37. The van der Waals surface area contributed by atoms with Crippen LogP contribution in [0.2, 0.25) is 5.15 Å². The third-order valence-electron chi connectivity index (χ3n) is 2.23. The third kappa shape index (κ3) is 1.20. The van der Waals surface area contributed by atoms with Crippen molar-refractivity contribution in [1.29, 1.82) is 0 Å². The second-order valence-corrected chi connectivity index (χ2v) is 3.76. The predicted molar refractivity (Wildman–Crippen MR) is 58.7 cm³/mol. The summed E-state index contributed by atoms with van der Waals surface area (Å²) in [5.41, 5.74) is 0.527. The average molecular weight is 236 g/mol. The van der Waals surface area contributed by atoms with Gasteiger partial charge in [0.25, 0.3) is 5.56 Å². The number of nitrogens with zero attached hydrogens (tertiary/aromatic N) is 4. The maximum atomic E-state index is 11.8. The number of hydrogen-bond donors (Lipinski definition) is 1. The van der Waals surface area contributed by atoms with E-state index in [2.05, 4.69) is 20.1 Å². The lowest BCUT2D eigenvalue weighted by molar-refractivity contribution is 0.941. The van der Waals surface area contributed by atoms with Gasteiger partial charge in [-0.1, -0.05) is 11.6 Å². The Morgan fingerprint density at radius 2 is 2.25 bits per heavy atom. The molecule has 0 amide bonds. The number of aromatic nitrogens is 5. The highest BCUT2D eigenvalue weighted by Crippen LogP contribution is 2.14. The number of hydrogen-bond acceptors (Lipinski definition) is 4. The normalized spacial score (nSPS) is 11.4. The van der Waals surface area contributed by atoms with Crippen LogP contribution in [0.5, 0.6) is 0 Å². The summed E-state index contributed by atoms with van der Waals surface area (Å²) in [6.07, 6.45) is 1.64. The zero-order valence-electron chi connectivity index (χ0n) is 8.23. The highest BCUT2D eigenvalue weighted by molar-refractivity contribution is 6.29. The Hall–Kier alpha value is -1.95. The molecule has 0 atom stereocenters. The lowest BCUT2D eigenvalue weighted by Gasteiger charge is -1.92. The molecule has 0 saturated carbocycles. The van der Waals surface area contributed by atoms with Gasteiger partial charge in [-0.25, -0.2) is 14.5 Å². The van der Waals surface area contributed by atoms with E-state index in [-0.39, 0.29) is 5.56 Å². The third-order valence-corrected chi connectivity index (χ3v) is 2.44. The molecule has 0 unspecified atom stereocenters. The SMILES string of the molecule is Cc1nc2nn3ccc(Cl)nc3c2c(=O)[nH]1. The van der Waals surface area contributed by atoms with Crippen LogP contribution in [0, 0.1) is 6.92 Å². The van der Waals surface area contributed by atoms with Crippen LogP contribution in [-0.2, 0) is 0 Å². The van der Waals surface area contributed by atoms with E-state index in [4.69, 9.17) is 11.6 Å². The first-order valence-electron chi connectivity index (χ1n) is 4.56. The molecular weight excluding hydrogens is 230 g/mol. The van der Waals surface area contributed by atoms with Gasteiger partial charge in [-0.15, -0.1) is 5.10 Å². The summed E-state index contributed by atoms with van der Waals surface area (Å²) < 4.78 is 1.48. The monoisotopic (exact) mass is 235 g/mol. The number of fused-ring (bicyclic) bond motifs is 3. The fourth-order valence-corrected chi connectivity index (χ4v) is 1.73. The molecular formula is C9H6ClN5O. The topological polar surface area (TPSA) is 75.9 Å². The van der Waals surface area contributed by atoms with Crippen molar-refractivity contribution in [1.82, 2.24) is 24.6 Å². The predicted octanol–water partition coefficient (Wildman–Crippen LogP) is 0.928. The molecule has 0 bridgehead atoms. The van der Waals surface area contributed by atoms with E-state index in [1.54, 1.807) is 19.2 Å². The minimum atomic E-state index is -0.257. The minimum Gasteiger partial charge on any atom is -0.310 e. The average Bonchev–Trinajstić information content (AvgIpc) is 2.54. The molecule has 0 aliphatic carbocycles.